The fourth-order valence-corrected chi connectivity index (χ4v) is 1.76. The lowest BCUT2D eigenvalue weighted by Crippen LogP contribution is -2.25. The highest BCUT2D eigenvalue weighted by atomic mass is 32.2. The van der Waals surface area contributed by atoms with Crippen LogP contribution in [0.25, 0.3) is 0 Å². The van der Waals surface area contributed by atoms with Crippen molar-refractivity contribution in [1.29, 1.82) is 0 Å². The minimum absolute atomic E-state index is 0.203. The minimum Gasteiger partial charge on any atom is -0.287 e. The van der Waals surface area contributed by atoms with E-state index < -0.39 is 10.0 Å². The van der Waals surface area contributed by atoms with E-state index in [1.807, 2.05) is 13.8 Å². The molecule has 0 aliphatic carbocycles. The van der Waals surface area contributed by atoms with Crippen LogP contribution in [0.1, 0.15) is 13.8 Å². The SMILES string of the molecule is CC(C)CONS(=O)(=O)c1ccccc1. The minimum atomic E-state index is -3.53. The summed E-state index contributed by atoms with van der Waals surface area (Å²) in [7, 11) is -3.53. The molecule has 0 saturated heterocycles. The average Bonchev–Trinajstić information content (AvgIpc) is 2.18. The summed E-state index contributed by atoms with van der Waals surface area (Å²) in [5, 5.41) is 0. The van der Waals surface area contributed by atoms with Gasteiger partial charge in [0.25, 0.3) is 10.0 Å². The van der Waals surface area contributed by atoms with Crippen LogP contribution in [-0.2, 0) is 14.9 Å². The Bertz CT molecular complexity index is 386. The number of hydrogen-bond acceptors (Lipinski definition) is 3. The molecule has 0 aromatic heterocycles. The smallest absolute Gasteiger partial charge is 0.262 e. The van der Waals surface area contributed by atoms with Gasteiger partial charge in [-0.05, 0) is 18.1 Å². The maximum atomic E-state index is 11.6. The molecule has 84 valence electrons. The van der Waals surface area contributed by atoms with E-state index in [0.29, 0.717) is 6.61 Å². The van der Waals surface area contributed by atoms with E-state index in [-0.39, 0.29) is 10.8 Å². The molecule has 0 unspecified atom stereocenters. The fourth-order valence-electron chi connectivity index (χ4n) is 0.926. The lowest BCUT2D eigenvalue weighted by Gasteiger charge is -2.08. The first-order valence-corrected chi connectivity index (χ1v) is 6.19. The summed E-state index contributed by atoms with van der Waals surface area (Å²) >= 11 is 0. The number of hydrogen-bond donors (Lipinski definition) is 1. The Kier molecular flexibility index (Phi) is 4.26. The van der Waals surface area contributed by atoms with Crippen LogP contribution in [-0.4, -0.2) is 15.0 Å². The first-order valence-electron chi connectivity index (χ1n) is 4.71. The predicted molar refractivity (Wildman–Crippen MR) is 57.6 cm³/mol. The third kappa shape index (κ3) is 3.99. The van der Waals surface area contributed by atoms with Crippen LogP contribution in [0.4, 0.5) is 0 Å². The Morgan fingerprint density at radius 3 is 2.40 bits per heavy atom. The summed E-state index contributed by atoms with van der Waals surface area (Å²) in [5.41, 5.74) is 0. The molecular formula is C10H15NO3S. The molecule has 0 saturated carbocycles. The second-order valence-corrected chi connectivity index (χ2v) is 5.25. The van der Waals surface area contributed by atoms with Crippen molar-refractivity contribution in [2.45, 2.75) is 18.7 Å². The van der Waals surface area contributed by atoms with Crippen molar-refractivity contribution < 1.29 is 13.3 Å². The molecule has 0 radical (unpaired) electrons. The molecule has 1 rings (SSSR count). The summed E-state index contributed by atoms with van der Waals surface area (Å²) in [5.74, 6) is 0.281. The van der Waals surface area contributed by atoms with Gasteiger partial charge < -0.3 is 0 Å². The van der Waals surface area contributed by atoms with Gasteiger partial charge in [0.15, 0.2) is 0 Å². The van der Waals surface area contributed by atoms with Gasteiger partial charge in [0.2, 0.25) is 0 Å². The Balaban J connectivity index is 2.61. The van der Waals surface area contributed by atoms with Crippen molar-refractivity contribution >= 4 is 10.0 Å². The monoisotopic (exact) mass is 229 g/mol. The van der Waals surface area contributed by atoms with Crippen molar-refractivity contribution in [3.8, 4) is 0 Å². The summed E-state index contributed by atoms with van der Waals surface area (Å²) in [4.78, 5) is 7.16. The summed E-state index contributed by atoms with van der Waals surface area (Å²) in [6.45, 7) is 4.24. The molecule has 0 bridgehead atoms. The molecule has 0 fully saturated rings. The maximum absolute atomic E-state index is 11.6. The van der Waals surface area contributed by atoms with Crippen LogP contribution in [0.2, 0.25) is 0 Å². The third-order valence-corrected chi connectivity index (χ3v) is 2.87. The molecule has 0 heterocycles. The second-order valence-electron chi connectivity index (χ2n) is 3.60. The van der Waals surface area contributed by atoms with Crippen LogP contribution in [0, 0.1) is 5.92 Å². The normalized spacial score (nSPS) is 11.9. The van der Waals surface area contributed by atoms with Gasteiger partial charge in [0.05, 0.1) is 11.5 Å². The summed E-state index contributed by atoms with van der Waals surface area (Å²) in [6.07, 6.45) is 0. The van der Waals surface area contributed by atoms with Gasteiger partial charge in [-0.15, -0.1) is 0 Å². The molecular weight excluding hydrogens is 214 g/mol. The molecule has 5 heteroatoms. The van der Waals surface area contributed by atoms with Gasteiger partial charge in [0, 0.05) is 0 Å². The first-order chi connectivity index (χ1) is 7.02. The molecule has 0 atom stereocenters. The van der Waals surface area contributed by atoms with E-state index >= 15 is 0 Å². The molecule has 15 heavy (non-hydrogen) atoms. The molecule has 1 aromatic rings. The number of nitrogens with one attached hydrogen (secondary N) is 1. The molecule has 0 aliphatic rings. The highest BCUT2D eigenvalue weighted by Crippen LogP contribution is 2.06. The first kappa shape index (κ1) is 12.2. The Hall–Kier alpha value is -0.910. The zero-order chi connectivity index (χ0) is 11.3. The number of benzene rings is 1. The molecule has 4 nitrogen and oxygen atoms in total. The van der Waals surface area contributed by atoms with E-state index in [1.165, 1.54) is 12.1 Å². The van der Waals surface area contributed by atoms with Crippen molar-refractivity contribution in [3.63, 3.8) is 0 Å². The average molecular weight is 229 g/mol. The van der Waals surface area contributed by atoms with Crippen LogP contribution in [0.15, 0.2) is 35.2 Å². The van der Waals surface area contributed by atoms with Crippen LogP contribution >= 0.6 is 0 Å². The molecule has 1 N–H and O–H groups in total. The molecule has 0 amide bonds. The van der Waals surface area contributed by atoms with Gasteiger partial charge in [-0.3, -0.25) is 4.84 Å². The van der Waals surface area contributed by atoms with Crippen LogP contribution in [0.3, 0.4) is 0 Å². The Labute approximate surface area is 90.3 Å². The second kappa shape index (κ2) is 5.25. The molecule has 1 aromatic carbocycles. The van der Waals surface area contributed by atoms with Crippen molar-refractivity contribution in [2.75, 3.05) is 6.61 Å². The largest absolute Gasteiger partial charge is 0.287 e. The van der Waals surface area contributed by atoms with Crippen molar-refractivity contribution in [3.05, 3.63) is 30.3 Å². The van der Waals surface area contributed by atoms with E-state index in [9.17, 15) is 8.42 Å². The lowest BCUT2D eigenvalue weighted by atomic mass is 10.2. The quantitative estimate of drug-likeness (QED) is 0.779. The zero-order valence-electron chi connectivity index (χ0n) is 8.80. The lowest BCUT2D eigenvalue weighted by molar-refractivity contribution is 0.0719. The van der Waals surface area contributed by atoms with E-state index in [4.69, 9.17) is 4.84 Å². The van der Waals surface area contributed by atoms with E-state index in [0.717, 1.165) is 0 Å². The van der Waals surface area contributed by atoms with E-state index in [2.05, 4.69) is 4.89 Å². The van der Waals surface area contributed by atoms with Crippen molar-refractivity contribution in [2.24, 2.45) is 5.92 Å². The van der Waals surface area contributed by atoms with Gasteiger partial charge in [0.1, 0.15) is 0 Å². The van der Waals surface area contributed by atoms with Gasteiger partial charge in [-0.25, -0.2) is 8.42 Å². The standard InChI is InChI=1S/C10H15NO3S/c1-9(2)8-14-11-15(12,13)10-6-4-3-5-7-10/h3-7,9,11H,8H2,1-2H3. The Morgan fingerprint density at radius 2 is 1.87 bits per heavy atom. The highest BCUT2D eigenvalue weighted by molar-refractivity contribution is 7.89. The topological polar surface area (TPSA) is 55.4 Å². The third-order valence-electron chi connectivity index (χ3n) is 1.64. The summed E-state index contributed by atoms with van der Waals surface area (Å²) < 4.78 is 23.2. The molecule has 0 spiro atoms. The Morgan fingerprint density at radius 1 is 1.27 bits per heavy atom. The highest BCUT2D eigenvalue weighted by Gasteiger charge is 2.12. The number of rotatable bonds is 5. The van der Waals surface area contributed by atoms with Gasteiger partial charge in [-0.1, -0.05) is 36.9 Å². The predicted octanol–water partition coefficient (Wildman–Crippen LogP) is 1.55. The fraction of sp³-hybridized carbons (Fsp3) is 0.400. The van der Waals surface area contributed by atoms with Gasteiger partial charge >= 0.3 is 0 Å². The molecule has 0 aliphatic heterocycles. The van der Waals surface area contributed by atoms with Crippen LogP contribution < -0.4 is 4.89 Å². The maximum Gasteiger partial charge on any atom is 0.262 e. The van der Waals surface area contributed by atoms with Gasteiger partial charge in [-0.2, -0.15) is 0 Å². The zero-order valence-corrected chi connectivity index (χ0v) is 9.62. The van der Waals surface area contributed by atoms with E-state index in [1.54, 1.807) is 18.2 Å². The summed E-state index contributed by atoms with van der Waals surface area (Å²) in [6, 6.07) is 8.12. The number of sulfonamides is 1. The van der Waals surface area contributed by atoms with Crippen LogP contribution in [0.5, 0.6) is 0 Å². The van der Waals surface area contributed by atoms with Crippen molar-refractivity contribution in [1.82, 2.24) is 4.89 Å².